The van der Waals surface area contributed by atoms with Gasteiger partial charge in [-0.1, -0.05) is 0 Å². The van der Waals surface area contributed by atoms with Crippen molar-refractivity contribution >= 4 is 17.5 Å². The molecule has 9 heteroatoms. The van der Waals surface area contributed by atoms with E-state index < -0.39 is 6.09 Å². The number of anilines is 2. The maximum atomic E-state index is 12.7. The number of carbonyl (C=O) groups is 1. The highest BCUT2D eigenvalue weighted by Crippen LogP contribution is 2.36. The van der Waals surface area contributed by atoms with E-state index in [1.165, 1.54) is 0 Å². The van der Waals surface area contributed by atoms with Gasteiger partial charge in [0.25, 0.3) is 0 Å². The monoisotopic (exact) mass is 408 g/mol. The molecule has 1 amide bonds. The minimum absolute atomic E-state index is 0.121. The third-order valence-corrected chi connectivity index (χ3v) is 4.86. The Bertz CT molecular complexity index is 990. The first kappa shape index (κ1) is 19.7. The van der Waals surface area contributed by atoms with Crippen molar-refractivity contribution in [2.24, 2.45) is 0 Å². The number of benzene rings is 1. The van der Waals surface area contributed by atoms with Crippen LogP contribution >= 0.6 is 0 Å². The lowest BCUT2D eigenvalue weighted by atomic mass is 10.2. The van der Waals surface area contributed by atoms with E-state index >= 15 is 0 Å². The number of amides is 1. The van der Waals surface area contributed by atoms with Crippen LogP contribution in [-0.2, 0) is 17.9 Å². The fraction of sp³-hybridized carbons (Fsp3) is 0.333. The number of H-pyrrole nitrogens is 1. The zero-order valence-electron chi connectivity index (χ0n) is 17.0. The number of ether oxygens (including phenoxy) is 2. The first-order valence-electron chi connectivity index (χ1n) is 9.85. The molecule has 1 aromatic carbocycles. The predicted molar refractivity (Wildman–Crippen MR) is 112 cm³/mol. The minimum atomic E-state index is -0.421. The number of aromatic nitrogens is 4. The molecular formula is C21H24N6O3. The average Bonchev–Trinajstić information content (AvgIpc) is 3.27. The summed E-state index contributed by atoms with van der Waals surface area (Å²) in [5.74, 6) is 1.47. The Labute approximate surface area is 174 Å². The van der Waals surface area contributed by atoms with E-state index in [9.17, 15) is 4.79 Å². The highest BCUT2D eigenvalue weighted by atomic mass is 16.6. The van der Waals surface area contributed by atoms with Crippen LogP contribution in [0.3, 0.4) is 0 Å². The van der Waals surface area contributed by atoms with Gasteiger partial charge in [0.2, 0.25) is 0 Å². The normalized spacial score (nSPS) is 12.8. The summed E-state index contributed by atoms with van der Waals surface area (Å²) >= 11 is 0. The molecule has 0 saturated carbocycles. The summed E-state index contributed by atoms with van der Waals surface area (Å²) in [6.07, 6.45) is 6.38. The molecule has 0 atom stereocenters. The van der Waals surface area contributed by atoms with Gasteiger partial charge in [-0.15, -0.1) is 0 Å². The van der Waals surface area contributed by atoms with E-state index in [1.807, 2.05) is 38.2 Å². The van der Waals surface area contributed by atoms with Gasteiger partial charge in [0.1, 0.15) is 24.8 Å². The number of aromatic amines is 1. The second-order valence-corrected chi connectivity index (χ2v) is 6.94. The molecule has 2 aromatic heterocycles. The van der Waals surface area contributed by atoms with E-state index in [1.54, 1.807) is 23.6 Å². The zero-order chi connectivity index (χ0) is 20.9. The van der Waals surface area contributed by atoms with Gasteiger partial charge in [0.15, 0.2) is 0 Å². The fourth-order valence-electron chi connectivity index (χ4n) is 3.30. The van der Waals surface area contributed by atoms with E-state index in [-0.39, 0.29) is 6.61 Å². The van der Waals surface area contributed by atoms with Crippen molar-refractivity contribution in [3.8, 4) is 5.75 Å². The lowest BCUT2D eigenvalue weighted by molar-refractivity contribution is 0.147. The molecule has 3 heterocycles. The Balaban J connectivity index is 1.50. The molecule has 0 spiro atoms. The highest BCUT2D eigenvalue weighted by Gasteiger charge is 2.23. The molecule has 0 radical (unpaired) electrons. The second kappa shape index (κ2) is 8.81. The number of rotatable bonds is 6. The van der Waals surface area contributed by atoms with Crippen LogP contribution in [0.4, 0.5) is 16.2 Å². The van der Waals surface area contributed by atoms with Crippen LogP contribution in [0, 0.1) is 6.92 Å². The molecule has 0 bridgehead atoms. The molecule has 0 unspecified atom stereocenters. The van der Waals surface area contributed by atoms with Gasteiger partial charge in [0.05, 0.1) is 30.8 Å². The third kappa shape index (κ3) is 4.35. The quantitative estimate of drug-likeness (QED) is 0.669. The Morgan fingerprint density at radius 3 is 2.87 bits per heavy atom. The van der Waals surface area contributed by atoms with Gasteiger partial charge in [-0.2, -0.15) is 0 Å². The first-order chi connectivity index (χ1) is 14.6. The molecule has 9 nitrogen and oxygen atoms in total. The Morgan fingerprint density at radius 2 is 2.13 bits per heavy atom. The molecule has 0 aliphatic carbocycles. The summed E-state index contributed by atoms with van der Waals surface area (Å²) in [6, 6.07) is 5.73. The lowest BCUT2D eigenvalue weighted by Crippen LogP contribution is -2.34. The number of hydrogen-bond donors (Lipinski definition) is 1. The van der Waals surface area contributed by atoms with E-state index in [0.717, 1.165) is 34.9 Å². The van der Waals surface area contributed by atoms with Crippen LogP contribution in [0.25, 0.3) is 0 Å². The summed E-state index contributed by atoms with van der Waals surface area (Å²) < 4.78 is 11.3. The molecule has 156 valence electrons. The van der Waals surface area contributed by atoms with Gasteiger partial charge < -0.3 is 19.4 Å². The maximum absolute atomic E-state index is 12.7. The van der Waals surface area contributed by atoms with E-state index in [0.29, 0.717) is 25.5 Å². The Kier molecular flexibility index (Phi) is 5.78. The van der Waals surface area contributed by atoms with Crippen LogP contribution in [0.2, 0.25) is 0 Å². The maximum Gasteiger partial charge on any atom is 0.414 e. The summed E-state index contributed by atoms with van der Waals surface area (Å²) in [6.45, 7) is 6.36. The second-order valence-electron chi connectivity index (χ2n) is 6.94. The summed E-state index contributed by atoms with van der Waals surface area (Å²) in [5.41, 5.74) is 3.45. The molecular weight excluding hydrogens is 384 g/mol. The average molecular weight is 408 g/mol. The topological polar surface area (TPSA) is 96.5 Å². The van der Waals surface area contributed by atoms with Gasteiger partial charge in [-0.25, -0.2) is 19.7 Å². The molecule has 1 aliphatic heterocycles. The van der Waals surface area contributed by atoms with Gasteiger partial charge in [-0.3, -0.25) is 4.90 Å². The number of imidazole rings is 1. The van der Waals surface area contributed by atoms with Crippen molar-refractivity contribution in [3.63, 3.8) is 0 Å². The summed E-state index contributed by atoms with van der Waals surface area (Å²) in [4.78, 5) is 32.0. The van der Waals surface area contributed by atoms with Crippen LogP contribution < -0.4 is 14.5 Å². The van der Waals surface area contributed by atoms with Crippen molar-refractivity contribution in [2.75, 3.05) is 29.5 Å². The summed E-state index contributed by atoms with van der Waals surface area (Å²) in [5, 5.41) is 0. The van der Waals surface area contributed by atoms with Crippen LogP contribution in [-0.4, -0.2) is 45.7 Å². The number of nitrogens with zero attached hydrogens (tertiary/aromatic N) is 5. The minimum Gasteiger partial charge on any atom is -0.490 e. The Hall–Kier alpha value is -3.62. The SMILES string of the molecule is CCN(C(=O)OCc1cnc(C)nc1)c1ccc2c(c1)N(Cc1cnc[nH]1)CCO2. The molecule has 0 saturated heterocycles. The molecule has 3 aromatic rings. The number of nitrogens with one attached hydrogen (secondary N) is 1. The third-order valence-electron chi connectivity index (χ3n) is 4.86. The number of aryl methyl sites for hydroxylation is 1. The van der Waals surface area contributed by atoms with Crippen molar-refractivity contribution in [2.45, 2.75) is 27.0 Å². The standard InChI is InChI=1S/C21H24N6O3/c1-3-27(21(28)30-13-16-9-23-15(2)24-10-16)18-4-5-20-19(8-18)26(6-7-29-20)12-17-11-22-14-25-17/h4-5,8-11,14H,3,6-7,12-13H2,1-2H3,(H,22,25). The van der Waals surface area contributed by atoms with Crippen molar-refractivity contribution in [1.82, 2.24) is 19.9 Å². The van der Waals surface area contributed by atoms with E-state index in [4.69, 9.17) is 9.47 Å². The predicted octanol–water partition coefficient (Wildman–Crippen LogP) is 3.07. The molecule has 4 rings (SSSR count). The van der Waals surface area contributed by atoms with Gasteiger partial charge >= 0.3 is 6.09 Å². The summed E-state index contributed by atoms with van der Waals surface area (Å²) in [7, 11) is 0. The van der Waals surface area contributed by atoms with Crippen molar-refractivity contribution in [3.05, 3.63) is 60.2 Å². The highest BCUT2D eigenvalue weighted by molar-refractivity contribution is 5.89. The number of fused-ring (bicyclic) bond motifs is 1. The first-order valence-corrected chi connectivity index (χ1v) is 9.85. The molecule has 0 fully saturated rings. The lowest BCUT2D eigenvalue weighted by Gasteiger charge is -2.32. The van der Waals surface area contributed by atoms with Crippen LogP contribution in [0.1, 0.15) is 24.0 Å². The smallest absolute Gasteiger partial charge is 0.414 e. The Morgan fingerprint density at radius 1 is 1.30 bits per heavy atom. The van der Waals surface area contributed by atoms with E-state index in [2.05, 4.69) is 24.8 Å². The number of hydrogen-bond acceptors (Lipinski definition) is 7. The van der Waals surface area contributed by atoms with Crippen LogP contribution in [0.5, 0.6) is 5.75 Å². The fourth-order valence-corrected chi connectivity index (χ4v) is 3.30. The largest absolute Gasteiger partial charge is 0.490 e. The molecule has 1 N–H and O–H groups in total. The van der Waals surface area contributed by atoms with Crippen molar-refractivity contribution < 1.29 is 14.3 Å². The van der Waals surface area contributed by atoms with Gasteiger partial charge in [0, 0.05) is 36.4 Å². The van der Waals surface area contributed by atoms with Crippen molar-refractivity contribution in [1.29, 1.82) is 0 Å². The molecule has 1 aliphatic rings. The zero-order valence-corrected chi connectivity index (χ0v) is 17.0. The van der Waals surface area contributed by atoms with Gasteiger partial charge in [-0.05, 0) is 32.0 Å². The molecule has 30 heavy (non-hydrogen) atoms. The number of carbonyl (C=O) groups excluding carboxylic acids is 1. The van der Waals surface area contributed by atoms with Crippen LogP contribution in [0.15, 0.2) is 43.1 Å².